The van der Waals surface area contributed by atoms with Crippen LogP contribution < -0.4 is 9.64 Å². The molecule has 0 heterocycles. The lowest BCUT2D eigenvalue weighted by Crippen LogP contribution is -2.27. The Morgan fingerprint density at radius 1 is 1.41 bits per heavy atom. The minimum Gasteiger partial charge on any atom is -0.495 e. The fourth-order valence-corrected chi connectivity index (χ4v) is 1.58. The zero-order chi connectivity index (χ0) is 12.8. The summed E-state index contributed by atoms with van der Waals surface area (Å²) in [6.45, 7) is 4.41. The molecule has 0 amide bonds. The standard InChI is InChI=1S/C13H19NO3/c1-5-17-13(15)9-14(3)11-8-10(2)6-7-12(11)16-4/h6-8H,5,9H2,1-4H3. The molecule has 4 nitrogen and oxygen atoms in total. The van der Waals surface area contributed by atoms with Gasteiger partial charge in [0.25, 0.3) is 0 Å². The van der Waals surface area contributed by atoms with Crippen LogP contribution >= 0.6 is 0 Å². The number of hydrogen-bond acceptors (Lipinski definition) is 4. The molecule has 0 aromatic heterocycles. The number of likely N-dealkylation sites (N-methyl/N-ethyl adjacent to an activating group) is 1. The van der Waals surface area contributed by atoms with E-state index >= 15 is 0 Å². The van der Waals surface area contributed by atoms with Crippen molar-refractivity contribution in [3.05, 3.63) is 23.8 Å². The first-order valence-corrected chi connectivity index (χ1v) is 5.60. The molecule has 1 aromatic rings. The first kappa shape index (κ1) is 13.4. The van der Waals surface area contributed by atoms with E-state index in [0.29, 0.717) is 6.61 Å². The fourth-order valence-electron chi connectivity index (χ4n) is 1.58. The van der Waals surface area contributed by atoms with Crippen LogP contribution in [-0.2, 0) is 9.53 Å². The van der Waals surface area contributed by atoms with Crippen molar-refractivity contribution < 1.29 is 14.3 Å². The summed E-state index contributed by atoms with van der Waals surface area (Å²) in [5, 5.41) is 0. The van der Waals surface area contributed by atoms with Gasteiger partial charge in [0.15, 0.2) is 0 Å². The van der Waals surface area contributed by atoms with Crippen LogP contribution in [0.15, 0.2) is 18.2 Å². The van der Waals surface area contributed by atoms with Crippen molar-refractivity contribution >= 4 is 11.7 Å². The highest BCUT2D eigenvalue weighted by Crippen LogP contribution is 2.28. The van der Waals surface area contributed by atoms with Crippen LogP contribution in [0.4, 0.5) is 5.69 Å². The zero-order valence-electron chi connectivity index (χ0n) is 10.8. The van der Waals surface area contributed by atoms with E-state index in [0.717, 1.165) is 17.0 Å². The summed E-state index contributed by atoms with van der Waals surface area (Å²) in [5.74, 6) is 0.515. The lowest BCUT2D eigenvalue weighted by atomic mass is 10.2. The normalized spacial score (nSPS) is 9.88. The van der Waals surface area contributed by atoms with Gasteiger partial charge in [0, 0.05) is 7.05 Å². The van der Waals surface area contributed by atoms with E-state index in [1.54, 1.807) is 14.0 Å². The highest BCUT2D eigenvalue weighted by Gasteiger charge is 2.12. The number of aryl methyl sites for hydroxylation is 1. The highest BCUT2D eigenvalue weighted by atomic mass is 16.5. The zero-order valence-corrected chi connectivity index (χ0v) is 10.8. The lowest BCUT2D eigenvalue weighted by Gasteiger charge is -2.21. The van der Waals surface area contributed by atoms with Crippen molar-refractivity contribution in [1.82, 2.24) is 0 Å². The predicted octanol–water partition coefficient (Wildman–Crippen LogP) is 2.00. The van der Waals surface area contributed by atoms with Crippen LogP contribution in [0.3, 0.4) is 0 Å². The number of carbonyl (C=O) groups is 1. The largest absolute Gasteiger partial charge is 0.495 e. The van der Waals surface area contributed by atoms with E-state index in [9.17, 15) is 4.79 Å². The summed E-state index contributed by atoms with van der Waals surface area (Å²) >= 11 is 0. The quantitative estimate of drug-likeness (QED) is 0.734. The van der Waals surface area contributed by atoms with E-state index in [1.165, 1.54) is 0 Å². The number of ether oxygens (including phenoxy) is 2. The molecule has 0 aliphatic heterocycles. The van der Waals surface area contributed by atoms with E-state index in [-0.39, 0.29) is 12.5 Å². The topological polar surface area (TPSA) is 38.8 Å². The number of nitrogens with zero attached hydrogens (tertiary/aromatic N) is 1. The van der Waals surface area contributed by atoms with Gasteiger partial charge >= 0.3 is 5.97 Å². The molecule has 94 valence electrons. The average molecular weight is 237 g/mol. The first-order valence-electron chi connectivity index (χ1n) is 5.60. The van der Waals surface area contributed by atoms with Gasteiger partial charge < -0.3 is 14.4 Å². The van der Waals surface area contributed by atoms with Crippen LogP contribution in [0.2, 0.25) is 0 Å². The molecule has 0 aliphatic carbocycles. The monoisotopic (exact) mass is 237 g/mol. The molecule has 0 unspecified atom stereocenters. The second-order valence-electron chi connectivity index (χ2n) is 3.84. The van der Waals surface area contributed by atoms with Gasteiger partial charge in [0.05, 0.1) is 19.4 Å². The number of benzene rings is 1. The molecule has 0 spiro atoms. The molecular formula is C13H19NO3. The Labute approximate surface area is 102 Å². The molecular weight excluding hydrogens is 218 g/mol. The molecule has 0 bridgehead atoms. The summed E-state index contributed by atoms with van der Waals surface area (Å²) in [6.07, 6.45) is 0. The highest BCUT2D eigenvalue weighted by molar-refractivity contribution is 5.77. The van der Waals surface area contributed by atoms with Crippen molar-refractivity contribution in [3.63, 3.8) is 0 Å². The summed E-state index contributed by atoms with van der Waals surface area (Å²) in [5.41, 5.74) is 2.01. The molecule has 0 saturated heterocycles. The van der Waals surface area contributed by atoms with Crippen LogP contribution in [0.5, 0.6) is 5.75 Å². The Hall–Kier alpha value is -1.71. The Morgan fingerprint density at radius 2 is 2.12 bits per heavy atom. The fraction of sp³-hybridized carbons (Fsp3) is 0.462. The molecule has 1 aromatic carbocycles. The molecule has 0 fully saturated rings. The van der Waals surface area contributed by atoms with Crippen molar-refractivity contribution in [2.24, 2.45) is 0 Å². The second-order valence-corrected chi connectivity index (χ2v) is 3.84. The smallest absolute Gasteiger partial charge is 0.325 e. The average Bonchev–Trinajstić information content (AvgIpc) is 2.29. The number of rotatable bonds is 5. The van der Waals surface area contributed by atoms with Gasteiger partial charge in [-0.25, -0.2) is 0 Å². The molecule has 1 rings (SSSR count). The van der Waals surface area contributed by atoms with Gasteiger partial charge in [-0.2, -0.15) is 0 Å². The molecule has 0 atom stereocenters. The van der Waals surface area contributed by atoms with Crippen LogP contribution in [0, 0.1) is 6.92 Å². The Morgan fingerprint density at radius 3 is 2.71 bits per heavy atom. The van der Waals surface area contributed by atoms with E-state index in [2.05, 4.69) is 0 Å². The second kappa shape index (κ2) is 6.13. The van der Waals surface area contributed by atoms with Gasteiger partial charge in [0.1, 0.15) is 12.3 Å². The molecule has 0 aliphatic rings. The SMILES string of the molecule is CCOC(=O)CN(C)c1cc(C)ccc1OC. The van der Waals surface area contributed by atoms with Gasteiger partial charge in [-0.1, -0.05) is 6.07 Å². The third-order valence-electron chi connectivity index (χ3n) is 2.42. The third kappa shape index (κ3) is 3.66. The van der Waals surface area contributed by atoms with Crippen LogP contribution in [0.1, 0.15) is 12.5 Å². The molecule has 0 N–H and O–H groups in total. The minimum atomic E-state index is -0.237. The van der Waals surface area contributed by atoms with Gasteiger partial charge in [-0.3, -0.25) is 4.79 Å². The van der Waals surface area contributed by atoms with Crippen LogP contribution in [-0.4, -0.2) is 33.3 Å². The van der Waals surface area contributed by atoms with Gasteiger partial charge in [0.2, 0.25) is 0 Å². The van der Waals surface area contributed by atoms with Gasteiger partial charge in [-0.05, 0) is 31.5 Å². The maximum absolute atomic E-state index is 11.4. The molecule has 17 heavy (non-hydrogen) atoms. The number of esters is 1. The van der Waals surface area contributed by atoms with E-state index in [4.69, 9.17) is 9.47 Å². The maximum Gasteiger partial charge on any atom is 0.325 e. The van der Waals surface area contributed by atoms with E-state index < -0.39 is 0 Å². The maximum atomic E-state index is 11.4. The number of anilines is 1. The Kier molecular flexibility index (Phi) is 4.82. The predicted molar refractivity (Wildman–Crippen MR) is 67.6 cm³/mol. The summed E-state index contributed by atoms with van der Waals surface area (Å²) in [4.78, 5) is 13.2. The lowest BCUT2D eigenvalue weighted by molar-refractivity contribution is -0.141. The van der Waals surface area contributed by atoms with E-state index in [1.807, 2.05) is 37.1 Å². The number of methoxy groups -OCH3 is 1. The molecule has 0 radical (unpaired) electrons. The van der Waals surface area contributed by atoms with Crippen molar-refractivity contribution in [2.45, 2.75) is 13.8 Å². The first-order chi connectivity index (χ1) is 8.08. The molecule has 0 saturated carbocycles. The Bertz CT molecular complexity index is 390. The Balaban J connectivity index is 2.83. The molecule has 4 heteroatoms. The van der Waals surface area contributed by atoms with Crippen molar-refractivity contribution in [2.75, 3.05) is 32.2 Å². The van der Waals surface area contributed by atoms with Crippen molar-refractivity contribution in [3.8, 4) is 5.75 Å². The van der Waals surface area contributed by atoms with Crippen molar-refractivity contribution in [1.29, 1.82) is 0 Å². The third-order valence-corrected chi connectivity index (χ3v) is 2.42. The number of hydrogen-bond donors (Lipinski definition) is 0. The summed E-state index contributed by atoms with van der Waals surface area (Å²) in [7, 11) is 3.46. The summed E-state index contributed by atoms with van der Waals surface area (Å²) in [6, 6.07) is 5.85. The summed E-state index contributed by atoms with van der Waals surface area (Å²) < 4.78 is 10.2. The minimum absolute atomic E-state index is 0.216. The van der Waals surface area contributed by atoms with Crippen LogP contribution in [0.25, 0.3) is 0 Å². The van der Waals surface area contributed by atoms with Gasteiger partial charge in [-0.15, -0.1) is 0 Å². The number of carbonyl (C=O) groups excluding carboxylic acids is 1.